The number of nitrogens with one attached hydrogen (secondary N) is 2. The molecule has 2 atom stereocenters. The summed E-state index contributed by atoms with van der Waals surface area (Å²) in [6.07, 6.45) is 0. The number of carbonyl (C=O) groups is 1. The van der Waals surface area contributed by atoms with Crippen LogP contribution in [0, 0.1) is 13.8 Å². The Morgan fingerprint density at radius 1 is 1.03 bits per heavy atom. The topological polar surface area (TPSA) is 81.1 Å². The number of ether oxygens (including phenoxy) is 1. The molecule has 1 aliphatic rings. The summed E-state index contributed by atoms with van der Waals surface area (Å²) >= 11 is 1.41. The van der Waals surface area contributed by atoms with Crippen LogP contribution in [0.5, 0.6) is 5.75 Å². The molecule has 1 aliphatic heterocycles. The number of thioether (sulfide) groups is 1. The molecule has 0 aliphatic carbocycles. The van der Waals surface area contributed by atoms with Crippen LogP contribution in [0.3, 0.4) is 0 Å². The largest absolute Gasteiger partial charge is 0.494 e. The lowest BCUT2D eigenvalue weighted by molar-refractivity contribution is -0.116. The third-order valence-corrected chi connectivity index (χ3v) is 7.27. The third-order valence-electron chi connectivity index (χ3n) is 6.05. The fourth-order valence-corrected chi connectivity index (χ4v) is 5.13. The van der Waals surface area contributed by atoms with Crippen molar-refractivity contribution in [3.05, 3.63) is 89.5 Å². The molecule has 7 nitrogen and oxygen atoms in total. The Kier molecular flexibility index (Phi) is 6.46. The van der Waals surface area contributed by atoms with E-state index in [0.29, 0.717) is 17.6 Å². The van der Waals surface area contributed by atoms with Crippen LogP contribution in [-0.4, -0.2) is 32.6 Å². The molecule has 35 heavy (non-hydrogen) atoms. The van der Waals surface area contributed by atoms with E-state index in [-0.39, 0.29) is 11.9 Å². The summed E-state index contributed by atoms with van der Waals surface area (Å²) in [6, 6.07) is 23.4. The van der Waals surface area contributed by atoms with Gasteiger partial charge in [-0.05, 0) is 61.7 Å². The first kappa shape index (κ1) is 23.0. The van der Waals surface area contributed by atoms with Gasteiger partial charge in [-0.2, -0.15) is 0 Å². The number of benzene rings is 3. The second-order valence-corrected chi connectivity index (χ2v) is 9.55. The van der Waals surface area contributed by atoms with Gasteiger partial charge in [-0.1, -0.05) is 60.3 Å². The van der Waals surface area contributed by atoms with E-state index < -0.39 is 5.25 Å². The highest BCUT2D eigenvalue weighted by atomic mass is 32.2. The molecule has 3 aromatic carbocycles. The molecule has 4 aromatic rings. The maximum atomic E-state index is 13.5. The zero-order valence-corrected chi connectivity index (χ0v) is 20.7. The Balaban J connectivity index is 1.49. The maximum Gasteiger partial charge on any atom is 0.240 e. The number of rotatable bonds is 6. The van der Waals surface area contributed by atoms with Crippen LogP contribution >= 0.6 is 11.8 Å². The summed E-state index contributed by atoms with van der Waals surface area (Å²) in [5.74, 6) is 1.41. The van der Waals surface area contributed by atoms with E-state index >= 15 is 0 Å². The van der Waals surface area contributed by atoms with E-state index in [4.69, 9.17) is 4.74 Å². The molecule has 0 radical (unpaired) electrons. The van der Waals surface area contributed by atoms with Crippen molar-refractivity contribution < 1.29 is 9.53 Å². The van der Waals surface area contributed by atoms with Crippen LogP contribution in [0.25, 0.3) is 11.4 Å². The summed E-state index contributed by atoms with van der Waals surface area (Å²) in [6.45, 7) is 6.65. The number of hydrogen-bond donors (Lipinski definition) is 2. The van der Waals surface area contributed by atoms with Crippen molar-refractivity contribution in [3.63, 3.8) is 0 Å². The molecule has 2 heterocycles. The zero-order chi connectivity index (χ0) is 24.4. The van der Waals surface area contributed by atoms with Gasteiger partial charge in [0, 0.05) is 11.3 Å². The van der Waals surface area contributed by atoms with Gasteiger partial charge in [0.05, 0.1) is 12.6 Å². The van der Waals surface area contributed by atoms with Crippen molar-refractivity contribution in [2.45, 2.75) is 37.2 Å². The van der Waals surface area contributed by atoms with Gasteiger partial charge in [0.15, 0.2) is 5.82 Å². The highest BCUT2D eigenvalue weighted by Gasteiger charge is 2.38. The number of aryl methyl sites for hydroxylation is 2. The first-order valence-electron chi connectivity index (χ1n) is 11.6. The number of carbonyl (C=O) groups excluding carboxylic acids is 1. The monoisotopic (exact) mass is 485 g/mol. The Labute approximate surface area is 208 Å². The van der Waals surface area contributed by atoms with Crippen molar-refractivity contribution in [1.82, 2.24) is 14.9 Å². The molecule has 0 fully saturated rings. The number of anilines is 1. The Morgan fingerprint density at radius 2 is 1.80 bits per heavy atom. The molecule has 5 rings (SSSR count). The van der Waals surface area contributed by atoms with Gasteiger partial charge in [-0.25, -0.2) is 4.68 Å². The van der Waals surface area contributed by atoms with E-state index in [1.807, 2.05) is 91.3 Å². The summed E-state index contributed by atoms with van der Waals surface area (Å²) in [7, 11) is 0. The van der Waals surface area contributed by atoms with E-state index in [1.54, 1.807) is 0 Å². The molecule has 0 saturated carbocycles. The average Bonchev–Trinajstić information content (AvgIpc) is 3.30. The van der Waals surface area contributed by atoms with Gasteiger partial charge in [0.25, 0.3) is 0 Å². The summed E-state index contributed by atoms with van der Waals surface area (Å²) < 4.78 is 7.49. The van der Waals surface area contributed by atoms with Crippen molar-refractivity contribution >= 4 is 23.4 Å². The molecule has 2 unspecified atom stereocenters. The first-order valence-corrected chi connectivity index (χ1v) is 12.5. The van der Waals surface area contributed by atoms with E-state index in [0.717, 1.165) is 28.1 Å². The van der Waals surface area contributed by atoms with Crippen LogP contribution in [0.2, 0.25) is 0 Å². The molecule has 0 saturated heterocycles. The van der Waals surface area contributed by atoms with Gasteiger partial charge < -0.3 is 15.5 Å². The van der Waals surface area contributed by atoms with Crippen molar-refractivity contribution in [2.75, 3.05) is 17.3 Å². The molecule has 8 heteroatoms. The van der Waals surface area contributed by atoms with Crippen LogP contribution in [0.15, 0.2) is 78.0 Å². The number of aromatic nitrogens is 3. The van der Waals surface area contributed by atoms with Crippen LogP contribution in [0.1, 0.15) is 29.7 Å². The standard InChI is InChI=1S/C27H27N5O2S/c1-4-34-22-14-11-19(12-15-22)23-24(26(33)28-21-13-10-17(2)18(3)16-21)35-27-30-29-25(32(27)31-23)20-8-6-5-7-9-20/h5-16,23-24,31H,4H2,1-3H3,(H,28,33). The lowest BCUT2D eigenvalue weighted by Gasteiger charge is -2.33. The quantitative estimate of drug-likeness (QED) is 0.383. The van der Waals surface area contributed by atoms with Gasteiger partial charge in [-0.3, -0.25) is 4.79 Å². The first-order chi connectivity index (χ1) is 17.0. The minimum Gasteiger partial charge on any atom is -0.494 e. The molecule has 0 bridgehead atoms. The lowest BCUT2D eigenvalue weighted by atomic mass is 10.0. The fourth-order valence-electron chi connectivity index (χ4n) is 4.05. The summed E-state index contributed by atoms with van der Waals surface area (Å²) in [5.41, 5.74) is 8.53. The highest BCUT2D eigenvalue weighted by Crippen LogP contribution is 2.39. The van der Waals surface area contributed by atoms with Crippen LogP contribution < -0.4 is 15.5 Å². The predicted octanol–water partition coefficient (Wildman–Crippen LogP) is 5.36. The second-order valence-electron chi connectivity index (χ2n) is 8.44. The van der Waals surface area contributed by atoms with E-state index in [1.165, 1.54) is 17.3 Å². The van der Waals surface area contributed by atoms with Gasteiger partial charge in [-0.15, -0.1) is 10.2 Å². The van der Waals surface area contributed by atoms with Gasteiger partial charge >= 0.3 is 0 Å². The van der Waals surface area contributed by atoms with E-state index in [2.05, 4.69) is 27.9 Å². The Hall–Kier alpha value is -3.78. The van der Waals surface area contributed by atoms with E-state index in [9.17, 15) is 4.79 Å². The van der Waals surface area contributed by atoms with Crippen LogP contribution in [0.4, 0.5) is 5.69 Å². The normalized spacial score (nSPS) is 16.8. The van der Waals surface area contributed by atoms with Crippen molar-refractivity contribution in [1.29, 1.82) is 0 Å². The van der Waals surface area contributed by atoms with Gasteiger partial charge in [0.1, 0.15) is 11.0 Å². The number of hydrogen-bond acceptors (Lipinski definition) is 6. The highest BCUT2D eigenvalue weighted by molar-refractivity contribution is 8.00. The minimum atomic E-state index is -0.463. The summed E-state index contributed by atoms with van der Waals surface area (Å²) in [5, 5.41) is 12.1. The molecule has 1 aromatic heterocycles. The Morgan fingerprint density at radius 3 is 2.51 bits per heavy atom. The SMILES string of the molecule is CCOc1ccc(C2Nn3c(nnc3-c3ccccc3)SC2C(=O)Nc2ccc(C)c(C)c2)cc1. The fraction of sp³-hybridized carbons (Fsp3) is 0.222. The summed E-state index contributed by atoms with van der Waals surface area (Å²) in [4.78, 5) is 13.5. The molecular formula is C27H27N5O2S. The smallest absolute Gasteiger partial charge is 0.240 e. The molecule has 2 N–H and O–H groups in total. The second kappa shape index (κ2) is 9.84. The minimum absolute atomic E-state index is 0.0971. The van der Waals surface area contributed by atoms with Gasteiger partial charge in [0.2, 0.25) is 11.1 Å². The molecule has 178 valence electrons. The molecule has 1 amide bonds. The zero-order valence-electron chi connectivity index (χ0n) is 19.9. The Bertz CT molecular complexity index is 1340. The number of nitrogens with zero attached hydrogens (tertiary/aromatic N) is 3. The third kappa shape index (κ3) is 4.74. The lowest BCUT2D eigenvalue weighted by Crippen LogP contribution is -2.41. The number of amides is 1. The maximum absolute atomic E-state index is 13.5. The average molecular weight is 486 g/mol. The molecular weight excluding hydrogens is 458 g/mol. The predicted molar refractivity (Wildman–Crippen MR) is 139 cm³/mol. The van der Waals surface area contributed by atoms with Crippen LogP contribution in [-0.2, 0) is 4.79 Å². The molecule has 0 spiro atoms. The number of fused-ring (bicyclic) bond motifs is 1. The van der Waals surface area contributed by atoms with Crippen molar-refractivity contribution in [2.24, 2.45) is 0 Å². The van der Waals surface area contributed by atoms with Crippen molar-refractivity contribution in [3.8, 4) is 17.1 Å².